The Morgan fingerprint density at radius 2 is 2.33 bits per heavy atom. The predicted molar refractivity (Wildman–Crippen MR) is 67.0 cm³/mol. The summed E-state index contributed by atoms with van der Waals surface area (Å²) in [6.07, 6.45) is 1.59. The molecule has 0 aliphatic rings. The number of aromatic nitrogens is 2. The highest BCUT2D eigenvalue weighted by atomic mass is 32.2. The first-order chi connectivity index (χ1) is 8.45. The Hall–Kier alpha value is -1.65. The number of carbonyl (C=O) groups excluding carboxylic acids is 1. The van der Waals surface area contributed by atoms with Crippen molar-refractivity contribution >= 4 is 38.0 Å². The first-order valence-corrected chi connectivity index (χ1v) is 7.23. The van der Waals surface area contributed by atoms with Crippen molar-refractivity contribution in [2.24, 2.45) is 5.73 Å². The van der Waals surface area contributed by atoms with E-state index in [1.54, 1.807) is 18.6 Å². The molecule has 1 amide bonds. The molecule has 2 heterocycles. The van der Waals surface area contributed by atoms with E-state index in [0.29, 0.717) is 4.96 Å². The first-order valence-electron chi connectivity index (χ1n) is 4.87. The highest BCUT2D eigenvalue weighted by Crippen LogP contribution is 2.24. The van der Waals surface area contributed by atoms with Crippen LogP contribution >= 0.6 is 11.3 Å². The van der Waals surface area contributed by atoms with Gasteiger partial charge in [0, 0.05) is 18.6 Å². The number of carbonyl (C=O) groups is 1. The fourth-order valence-electron chi connectivity index (χ4n) is 1.42. The molecule has 4 N–H and O–H groups in total. The predicted octanol–water partition coefficient (Wildman–Crippen LogP) is -0.799. The summed E-state index contributed by atoms with van der Waals surface area (Å²) in [5.74, 6) is -0.533. The number of fused-ring (bicyclic) bond motifs is 1. The van der Waals surface area contributed by atoms with Crippen LogP contribution < -0.4 is 15.8 Å². The van der Waals surface area contributed by atoms with Gasteiger partial charge in [-0.25, -0.2) is 18.1 Å². The van der Waals surface area contributed by atoms with Crippen molar-refractivity contribution in [3.63, 3.8) is 0 Å². The van der Waals surface area contributed by atoms with Crippen LogP contribution in [0.3, 0.4) is 0 Å². The zero-order valence-electron chi connectivity index (χ0n) is 9.37. The van der Waals surface area contributed by atoms with Crippen LogP contribution in [0.25, 0.3) is 4.96 Å². The first kappa shape index (κ1) is 12.8. The normalized spacial score (nSPS) is 11.8. The van der Waals surface area contributed by atoms with Crippen molar-refractivity contribution < 1.29 is 13.2 Å². The van der Waals surface area contributed by atoms with Crippen molar-refractivity contribution in [1.82, 2.24) is 14.1 Å². The summed E-state index contributed by atoms with van der Waals surface area (Å²) in [7, 11) is -2.29. The minimum atomic E-state index is -3.86. The van der Waals surface area contributed by atoms with E-state index in [0.717, 1.165) is 0 Å². The number of hydrogen-bond donors (Lipinski definition) is 3. The summed E-state index contributed by atoms with van der Waals surface area (Å²) in [6.45, 7) is -0.455. The van der Waals surface area contributed by atoms with Gasteiger partial charge in [-0.2, -0.15) is 0 Å². The van der Waals surface area contributed by atoms with Gasteiger partial charge in [-0.05, 0) is 0 Å². The van der Waals surface area contributed by atoms with Crippen LogP contribution in [-0.2, 0) is 14.8 Å². The maximum atomic E-state index is 12.1. The van der Waals surface area contributed by atoms with Crippen LogP contribution in [0.15, 0.2) is 16.6 Å². The Morgan fingerprint density at radius 3 is 2.94 bits per heavy atom. The Morgan fingerprint density at radius 1 is 1.61 bits per heavy atom. The molecule has 0 aliphatic heterocycles. The summed E-state index contributed by atoms with van der Waals surface area (Å²) in [4.78, 5) is 15.3. The number of nitrogens with two attached hydrogens (primary N) is 1. The number of sulfonamides is 1. The highest BCUT2D eigenvalue weighted by molar-refractivity contribution is 7.89. The molecule has 8 nitrogen and oxygen atoms in total. The number of amides is 1. The number of hydrogen-bond acceptors (Lipinski definition) is 6. The second-order valence-corrected chi connectivity index (χ2v) is 5.92. The lowest BCUT2D eigenvalue weighted by molar-refractivity contribution is -0.116. The Balaban J connectivity index is 2.51. The van der Waals surface area contributed by atoms with Gasteiger partial charge in [0.1, 0.15) is 0 Å². The lowest BCUT2D eigenvalue weighted by Crippen LogP contribution is -2.34. The molecule has 0 radical (unpaired) electrons. The number of imidazole rings is 1. The smallest absolute Gasteiger partial charge is 0.260 e. The number of thiazole rings is 1. The number of anilines is 1. The maximum Gasteiger partial charge on any atom is 0.260 e. The third kappa shape index (κ3) is 2.17. The van der Waals surface area contributed by atoms with Gasteiger partial charge in [0.15, 0.2) is 15.8 Å². The summed E-state index contributed by atoms with van der Waals surface area (Å²) in [5.41, 5.74) is 4.91. The molecule has 0 saturated carbocycles. The summed E-state index contributed by atoms with van der Waals surface area (Å²) in [6, 6.07) is 0. The number of nitrogens with one attached hydrogen (secondary N) is 2. The maximum absolute atomic E-state index is 12.1. The fourth-order valence-corrected chi connectivity index (χ4v) is 3.47. The standard InChI is InChI=1S/C8H11N5O3S2/c1-10-6-7(13-2-3-17-8(13)12-6)18(15,16)11-4-5(9)14/h2-3,10-11H,4H2,1H3,(H2,9,14). The SMILES string of the molecule is CNc1nc2sccn2c1S(=O)(=O)NCC(N)=O. The topological polar surface area (TPSA) is 119 Å². The molecule has 2 aromatic rings. The van der Waals surface area contributed by atoms with Crippen LogP contribution in [0.5, 0.6) is 0 Å². The fraction of sp³-hybridized carbons (Fsp3) is 0.250. The Bertz CT molecular complexity index is 687. The Kier molecular flexibility index (Phi) is 3.24. The van der Waals surface area contributed by atoms with Gasteiger partial charge < -0.3 is 11.1 Å². The van der Waals surface area contributed by atoms with Gasteiger partial charge in [-0.15, -0.1) is 11.3 Å². The van der Waals surface area contributed by atoms with E-state index in [4.69, 9.17) is 5.73 Å². The second-order valence-electron chi connectivity index (χ2n) is 3.36. The van der Waals surface area contributed by atoms with Crippen LogP contribution in [-0.4, -0.2) is 37.3 Å². The zero-order valence-corrected chi connectivity index (χ0v) is 11.0. The van der Waals surface area contributed by atoms with Gasteiger partial charge in [0.2, 0.25) is 5.91 Å². The molecule has 10 heteroatoms. The molecule has 0 unspecified atom stereocenters. The molecule has 98 valence electrons. The van der Waals surface area contributed by atoms with Crippen molar-refractivity contribution in [3.8, 4) is 0 Å². The molecule has 0 bridgehead atoms. The monoisotopic (exact) mass is 289 g/mol. The van der Waals surface area contributed by atoms with Crippen molar-refractivity contribution in [2.45, 2.75) is 5.03 Å². The summed E-state index contributed by atoms with van der Waals surface area (Å²) < 4.78 is 27.7. The summed E-state index contributed by atoms with van der Waals surface area (Å²) in [5, 5.41) is 4.38. The van der Waals surface area contributed by atoms with Crippen LogP contribution in [0.2, 0.25) is 0 Å². The molecule has 18 heavy (non-hydrogen) atoms. The van der Waals surface area contributed by atoms with Gasteiger partial charge in [-0.3, -0.25) is 9.20 Å². The van der Waals surface area contributed by atoms with E-state index in [1.165, 1.54) is 15.7 Å². The average molecular weight is 289 g/mol. The minimum Gasteiger partial charge on any atom is -0.371 e. The molecule has 0 aliphatic carbocycles. The van der Waals surface area contributed by atoms with Gasteiger partial charge in [0.05, 0.1) is 6.54 Å². The van der Waals surface area contributed by atoms with Gasteiger partial charge in [0.25, 0.3) is 10.0 Å². The number of rotatable bonds is 5. The van der Waals surface area contributed by atoms with Gasteiger partial charge in [-0.1, -0.05) is 0 Å². The highest BCUT2D eigenvalue weighted by Gasteiger charge is 2.25. The van der Waals surface area contributed by atoms with E-state index in [2.05, 4.69) is 15.0 Å². The van der Waals surface area contributed by atoms with E-state index < -0.39 is 22.5 Å². The van der Waals surface area contributed by atoms with Crippen LogP contribution in [0.1, 0.15) is 0 Å². The van der Waals surface area contributed by atoms with Crippen LogP contribution in [0, 0.1) is 0 Å². The zero-order chi connectivity index (χ0) is 13.3. The molecular formula is C8H11N5O3S2. The van der Waals surface area contributed by atoms with E-state index >= 15 is 0 Å². The second kappa shape index (κ2) is 4.55. The Labute approximate surface area is 107 Å². The summed E-state index contributed by atoms with van der Waals surface area (Å²) >= 11 is 1.31. The third-order valence-electron chi connectivity index (χ3n) is 2.15. The van der Waals surface area contributed by atoms with E-state index in [1.807, 2.05) is 0 Å². The molecular weight excluding hydrogens is 278 g/mol. The lowest BCUT2D eigenvalue weighted by atomic mass is 10.7. The van der Waals surface area contributed by atoms with Crippen molar-refractivity contribution in [1.29, 1.82) is 0 Å². The molecule has 2 aromatic heterocycles. The van der Waals surface area contributed by atoms with E-state index in [-0.39, 0.29) is 10.8 Å². The molecule has 0 atom stereocenters. The third-order valence-corrected chi connectivity index (χ3v) is 4.33. The van der Waals surface area contributed by atoms with Gasteiger partial charge >= 0.3 is 0 Å². The van der Waals surface area contributed by atoms with E-state index in [9.17, 15) is 13.2 Å². The average Bonchev–Trinajstić information content (AvgIpc) is 2.84. The largest absolute Gasteiger partial charge is 0.371 e. The van der Waals surface area contributed by atoms with Crippen LogP contribution in [0.4, 0.5) is 5.82 Å². The molecule has 0 saturated heterocycles. The lowest BCUT2D eigenvalue weighted by Gasteiger charge is -2.05. The molecule has 0 aromatic carbocycles. The quantitative estimate of drug-likeness (QED) is 0.666. The van der Waals surface area contributed by atoms with Crippen molar-refractivity contribution in [3.05, 3.63) is 11.6 Å². The molecule has 0 fully saturated rings. The van der Waals surface area contributed by atoms with Crippen molar-refractivity contribution in [2.75, 3.05) is 18.9 Å². The number of nitrogens with zero attached hydrogens (tertiary/aromatic N) is 2. The number of primary amides is 1. The minimum absolute atomic E-state index is 0.0394. The molecule has 0 spiro atoms. The molecule has 2 rings (SSSR count).